The Morgan fingerprint density at radius 3 is 2.35 bits per heavy atom. The Balaban J connectivity index is 2.25. The van der Waals surface area contributed by atoms with E-state index in [-0.39, 0.29) is 0 Å². The average Bonchev–Trinajstić information content (AvgIpc) is 2.85. The van der Waals surface area contributed by atoms with Gasteiger partial charge in [0.05, 0.1) is 6.10 Å². The highest BCUT2D eigenvalue weighted by Gasteiger charge is 2.25. The van der Waals surface area contributed by atoms with Crippen LogP contribution in [0.3, 0.4) is 0 Å². The van der Waals surface area contributed by atoms with Crippen LogP contribution in [0.2, 0.25) is 0 Å². The lowest BCUT2D eigenvalue weighted by atomic mass is 10.1. The molecule has 1 rings (SSSR count). The van der Waals surface area contributed by atoms with Crippen LogP contribution in [-0.4, -0.2) is 65.4 Å². The summed E-state index contributed by atoms with van der Waals surface area (Å²) in [6.07, 6.45) is 1.32. The molecule has 0 radical (unpaired) electrons. The molecule has 0 aromatic carbocycles. The molecule has 7 heteroatoms. The second-order valence-corrected chi connectivity index (χ2v) is 5.52. The first-order valence-electron chi connectivity index (χ1n) is 7.07. The van der Waals surface area contributed by atoms with E-state index in [9.17, 15) is 14.7 Å². The fraction of sp³-hybridized carbons (Fsp3) is 0.846. The maximum Gasteiger partial charge on any atom is 0.328 e. The molecule has 3 unspecified atom stereocenters. The van der Waals surface area contributed by atoms with Crippen molar-refractivity contribution in [2.24, 2.45) is 5.92 Å². The van der Waals surface area contributed by atoms with E-state index in [2.05, 4.69) is 15.5 Å². The molecule has 20 heavy (non-hydrogen) atoms. The van der Waals surface area contributed by atoms with Crippen molar-refractivity contribution in [1.29, 1.82) is 0 Å². The molecular weight excluding hydrogens is 262 g/mol. The molecule has 0 bridgehead atoms. The van der Waals surface area contributed by atoms with E-state index < -0.39 is 24.1 Å². The average molecular weight is 287 g/mol. The highest BCUT2D eigenvalue weighted by Crippen LogP contribution is 2.09. The SMILES string of the molecule is CC(CNC(=O)NC(C(=O)O)C(C)O)CN1CCCC1. The molecule has 3 atom stereocenters. The summed E-state index contributed by atoms with van der Waals surface area (Å²) >= 11 is 0. The van der Waals surface area contributed by atoms with Crippen molar-refractivity contribution in [3.8, 4) is 0 Å². The zero-order valence-corrected chi connectivity index (χ0v) is 12.1. The van der Waals surface area contributed by atoms with Crippen LogP contribution in [0, 0.1) is 5.92 Å². The summed E-state index contributed by atoms with van der Waals surface area (Å²) in [5, 5.41) is 23.0. The number of likely N-dealkylation sites (tertiary alicyclic amines) is 1. The number of aliphatic hydroxyl groups excluding tert-OH is 1. The summed E-state index contributed by atoms with van der Waals surface area (Å²) < 4.78 is 0. The lowest BCUT2D eigenvalue weighted by Gasteiger charge is -2.21. The summed E-state index contributed by atoms with van der Waals surface area (Å²) in [6, 6.07) is -1.85. The molecule has 0 saturated carbocycles. The number of aliphatic hydroxyl groups is 1. The Morgan fingerprint density at radius 2 is 1.85 bits per heavy atom. The Morgan fingerprint density at radius 1 is 1.25 bits per heavy atom. The van der Waals surface area contributed by atoms with E-state index in [4.69, 9.17) is 5.11 Å². The molecule has 2 amide bonds. The van der Waals surface area contributed by atoms with Crippen LogP contribution in [0.5, 0.6) is 0 Å². The summed E-state index contributed by atoms with van der Waals surface area (Å²) in [5.41, 5.74) is 0. The van der Waals surface area contributed by atoms with Gasteiger partial charge in [-0.3, -0.25) is 0 Å². The van der Waals surface area contributed by atoms with Crippen molar-refractivity contribution in [3.05, 3.63) is 0 Å². The van der Waals surface area contributed by atoms with Crippen LogP contribution in [-0.2, 0) is 4.79 Å². The highest BCUT2D eigenvalue weighted by molar-refractivity contribution is 5.82. The third kappa shape index (κ3) is 5.75. The van der Waals surface area contributed by atoms with E-state index in [1.54, 1.807) is 0 Å². The topological polar surface area (TPSA) is 102 Å². The molecule has 0 spiro atoms. The number of hydrogen-bond donors (Lipinski definition) is 4. The van der Waals surface area contributed by atoms with Gasteiger partial charge in [0.15, 0.2) is 6.04 Å². The van der Waals surface area contributed by atoms with Gasteiger partial charge >= 0.3 is 12.0 Å². The number of carbonyl (C=O) groups is 2. The van der Waals surface area contributed by atoms with Crippen LogP contribution in [0.25, 0.3) is 0 Å². The predicted octanol–water partition coefficient (Wildman–Crippen LogP) is -0.148. The Kier molecular flexibility index (Phi) is 6.74. The van der Waals surface area contributed by atoms with Crippen molar-refractivity contribution in [2.45, 2.75) is 38.8 Å². The first kappa shape index (κ1) is 16.7. The first-order valence-corrected chi connectivity index (χ1v) is 7.07. The number of carbonyl (C=O) groups excluding carboxylic acids is 1. The normalized spacial score (nSPS) is 20.1. The summed E-state index contributed by atoms with van der Waals surface area (Å²) in [5.74, 6) is -0.950. The summed E-state index contributed by atoms with van der Waals surface area (Å²) in [4.78, 5) is 24.8. The fourth-order valence-electron chi connectivity index (χ4n) is 2.32. The van der Waals surface area contributed by atoms with Gasteiger partial charge in [-0.15, -0.1) is 0 Å². The van der Waals surface area contributed by atoms with Gasteiger partial charge < -0.3 is 25.7 Å². The number of urea groups is 1. The quantitative estimate of drug-likeness (QED) is 0.522. The Labute approximate surface area is 119 Å². The lowest BCUT2D eigenvalue weighted by Crippen LogP contribution is -2.51. The van der Waals surface area contributed by atoms with E-state index in [0.29, 0.717) is 12.5 Å². The Hall–Kier alpha value is -1.34. The molecule has 1 aliphatic rings. The second kappa shape index (κ2) is 8.06. The van der Waals surface area contributed by atoms with Gasteiger partial charge in [0, 0.05) is 13.1 Å². The maximum absolute atomic E-state index is 11.6. The van der Waals surface area contributed by atoms with Crippen LogP contribution >= 0.6 is 0 Å². The molecule has 1 fully saturated rings. The van der Waals surface area contributed by atoms with E-state index >= 15 is 0 Å². The number of rotatable bonds is 7. The van der Waals surface area contributed by atoms with Crippen LogP contribution in [0.1, 0.15) is 26.7 Å². The Bertz CT molecular complexity index is 330. The zero-order chi connectivity index (χ0) is 15.1. The molecule has 1 aliphatic heterocycles. The van der Waals surface area contributed by atoms with E-state index in [1.807, 2.05) is 6.92 Å². The van der Waals surface area contributed by atoms with Gasteiger partial charge in [0.25, 0.3) is 0 Å². The monoisotopic (exact) mass is 287 g/mol. The molecule has 0 aromatic heterocycles. The second-order valence-electron chi connectivity index (χ2n) is 5.52. The van der Waals surface area contributed by atoms with Crippen LogP contribution in [0.15, 0.2) is 0 Å². The lowest BCUT2D eigenvalue weighted by molar-refractivity contribution is -0.141. The van der Waals surface area contributed by atoms with Crippen LogP contribution in [0.4, 0.5) is 4.79 Å². The first-order chi connectivity index (χ1) is 9.40. The fourth-order valence-corrected chi connectivity index (χ4v) is 2.32. The number of amides is 2. The van der Waals surface area contributed by atoms with Crippen molar-refractivity contribution in [2.75, 3.05) is 26.2 Å². The number of aliphatic carboxylic acids is 1. The minimum absolute atomic E-state index is 0.300. The van der Waals surface area contributed by atoms with Crippen molar-refractivity contribution in [3.63, 3.8) is 0 Å². The van der Waals surface area contributed by atoms with E-state index in [1.165, 1.54) is 19.8 Å². The maximum atomic E-state index is 11.6. The number of carboxylic acid groups (broad SMARTS) is 1. The third-order valence-corrected chi connectivity index (χ3v) is 3.41. The van der Waals surface area contributed by atoms with Crippen LogP contribution < -0.4 is 10.6 Å². The third-order valence-electron chi connectivity index (χ3n) is 3.41. The largest absolute Gasteiger partial charge is 0.480 e. The molecule has 0 aromatic rings. The zero-order valence-electron chi connectivity index (χ0n) is 12.1. The van der Waals surface area contributed by atoms with Crippen molar-refractivity contribution < 1.29 is 19.8 Å². The smallest absolute Gasteiger partial charge is 0.328 e. The van der Waals surface area contributed by atoms with Gasteiger partial charge in [0.2, 0.25) is 0 Å². The van der Waals surface area contributed by atoms with Gasteiger partial charge in [-0.1, -0.05) is 6.92 Å². The van der Waals surface area contributed by atoms with Crippen molar-refractivity contribution in [1.82, 2.24) is 15.5 Å². The number of nitrogens with one attached hydrogen (secondary N) is 2. The minimum atomic E-state index is -1.29. The molecule has 0 aliphatic carbocycles. The molecule has 4 N–H and O–H groups in total. The standard InChI is InChI=1S/C13H25N3O4/c1-9(8-16-5-3-4-6-16)7-14-13(20)15-11(10(2)17)12(18)19/h9-11,17H,3-8H2,1-2H3,(H,18,19)(H2,14,15,20). The molecule has 1 saturated heterocycles. The highest BCUT2D eigenvalue weighted by atomic mass is 16.4. The number of hydrogen-bond acceptors (Lipinski definition) is 4. The van der Waals surface area contributed by atoms with Gasteiger partial charge in [-0.2, -0.15) is 0 Å². The molecule has 1 heterocycles. The minimum Gasteiger partial charge on any atom is -0.480 e. The molecule has 116 valence electrons. The number of carboxylic acids is 1. The predicted molar refractivity (Wildman–Crippen MR) is 74.5 cm³/mol. The summed E-state index contributed by atoms with van der Waals surface area (Å²) in [7, 11) is 0. The molecule has 7 nitrogen and oxygen atoms in total. The number of nitrogens with zero attached hydrogens (tertiary/aromatic N) is 1. The van der Waals surface area contributed by atoms with Gasteiger partial charge in [0.1, 0.15) is 0 Å². The van der Waals surface area contributed by atoms with Gasteiger partial charge in [-0.05, 0) is 38.8 Å². The summed E-state index contributed by atoms with van der Waals surface area (Å²) in [6.45, 7) is 7.00. The van der Waals surface area contributed by atoms with E-state index in [0.717, 1.165) is 19.6 Å². The molecular formula is C13H25N3O4. The van der Waals surface area contributed by atoms with Gasteiger partial charge in [-0.25, -0.2) is 9.59 Å². The van der Waals surface area contributed by atoms with Crippen molar-refractivity contribution >= 4 is 12.0 Å².